The van der Waals surface area contributed by atoms with Crippen molar-refractivity contribution in [2.24, 2.45) is 11.8 Å². The number of aliphatic hydroxyl groups is 1. The van der Waals surface area contributed by atoms with Crippen LogP contribution in [0.4, 0.5) is 0 Å². The molecule has 0 spiro atoms. The van der Waals surface area contributed by atoms with Crippen LogP contribution in [-0.2, 0) is 15.0 Å². The Bertz CT molecular complexity index is 401. The van der Waals surface area contributed by atoms with E-state index in [0.717, 1.165) is 0 Å². The number of aliphatic carboxylic acids is 1. The molecule has 0 aromatic rings. The summed E-state index contributed by atoms with van der Waals surface area (Å²) in [5, 5.41) is 18.0. The van der Waals surface area contributed by atoms with Crippen molar-refractivity contribution in [3.63, 3.8) is 0 Å². The highest BCUT2D eigenvalue weighted by atomic mass is 32.2. The first-order valence-corrected chi connectivity index (χ1v) is 7.83. The fourth-order valence-corrected chi connectivity index (χ4v) is 3.56. The lowest BCUT2D eigenvalue weighted by molar-refractivity contribution is -0.142. The van der Waals surface area contributed by atoms with E-state index in [9.17, 15) is 13.2 Å². The van der Waals surface area contributed by atoms with Gasteiger partial charge in [-0.05, 0) is 18.8 Å². The average molecular weight is 294 g/mol. The van der Waals surface area contributed by atoms with Gasteiger partial charge in [0.05, 0.1) is 12.5 Å². The van der Waals surface area contributed by atoms with E-state index in [-0.39, 0.29) is 25.6 Å². The molecule has 3 N–H and O–H groups in total. The Hall–Kier alpha value is -0.700. The Kier molecular flexibility index (Phi) is 5.72. The predicted molar refractivity (Wildman–Crippen MR) is 69.7 cm³/mol. The number of nitrogens with one attached hydrogen (secondary N) is 1. The molecule has 0 bridgehead atoms. The van der Waals surface area contributed by atoms with Gasteiger partial charge < -0.3 is 10.2 Å². The zero-order valence-corrected chi connectivity index (χ0v) is 12.1. The molecule has 19 heavy (non-hydrogen) atoms. The van der Waals surface area contributed by atoms with Crippen molar-refractivity contribution < 1.29 is 23.4 Å². The smallest absolute Gasteiger partial charge is 0.306 e. The second kappa shape index (κ2) is 6.65. The summed E-state index contributed by atoms with van der Waals surface area (Å²) < 4.78 is 27.9. The highest BCUT2D eigenvalue weighted by Crippen LogP contribution is 2.19. The summed E-state index contributed by atoms with van der Waals surface area (Å²) in [4.78, 5) is 10.8. The number of rotatable bonds is 6. The molecule has 0 aromatic heterocycles. The van der Waals surface area contributed by atoms with Crippen LogP contribution in [0.2, 0.25) is 0 Å². The molecule has 8 heteroatoms. The molecular weight excluding hydrogens is 272 g/mol. The molecule has 0 saturated carbocycles. The molecule has 1 atom stereocenters. The van der Waals surface area contributed by atoms with Gasteiger partial charge in [0, 0.05) is 19.1 Å². The Morgan fingerprint density at radius 3 is 2.26 bits per heavy atom. The maximum Gasteiger partial charge on any atom is 0.306 e. The molecule has 7 nitrogen and oxygen atoms in total. The van der Waals surface area contributed by atoms with Gasteiger partial charge in [-0.1, -0.05) is 13.8 Å². The van der Waals surface area contributed by atoms with Gasteiger partial charge in [0.2, 0.25) is 0 Å². The topological polar surface area (TPSA) is 107 Å². The van der Waals surface area contributed by atoms with E-state index in [1.807, 2.05) is 13.8 Å². The summed E-state index contributed by atoms with van der Waals surface area (Å²) in [7, 11) is -3.66. The van der Waals surface area contributed by atoms with E-state index >= 15 is 0 Å². The predicted octanol–water partition coefficient (Wildman–Crippen LogP) is -0.366. The van der Waals surface area contributed by atoms with E-state index in [1.54, 1.807) is 0 Å². The highest BCUT2D eigenvalue weighted by Gasteiger charge is 2.32. The minimum atomic E-state index is -3.66. The van der Waals surface area contributed by atoms with Crippen molar-refractivity contribution in [3.05, 3.63) is 0 Å². The third-order valence-corrected chi connectivity index (χ3v) is 5.09. The van der Waals surface area contributed by atoms with Crippen molar-refractivity contribution in [3.8, 4) is 0 Å². The molecule has 0 aliphatic carbocycles. The van der Waals surface area contributed by atoms with Crippen LogP contribution < -0.4 is 4.72 Å². The molecule has 1 saturated heterocycles. The molecule has 1 fully saturated rings. The van der Waals surface area contributed by atoms with Crippen molar-refractivity contribution in [2.75, 3.05) is 19.7 Å². The van der Waals surface area contributed by atoms with Crippen LogP contribution in [0.1, 0.15) is 26.7 Å². The molecule has 0 aromatic carbocycles. The van der Waals surface area contributed by atoms with Gasteiger partial charge in [0.1, 0.15) is 0 Å². The number of carboxylic acids is 1. The minimum absolute atomic E-state index is 0.0173. The van der Waals surface area contributed by atoms with Crippen molar-refractivity contribution in [1.82, 2.24) is 9.03 Å². The normalized spacial score (nSPS) is 20.6. The molecule has 1 rings (SSSR count). The fourth-order valence-electron chi connectivity index (χ4n) is 1.99. The van der Waals surface area contributed by atoms with Crippen LogP contribution in [-0.4, -0.2) is 54.6 Å². The zero-order valence-electron chi connectivity index (χ0n) is 11.2. The van der Waals surface area contributed by atoms with Crippen LogP contribution in [0, 0.1) is 11.8 Å². The molecule has 1 heterocycles. The van der Waals surface area contributed by atoms with Gasteiger partial charge in [0.15, 0.2) is 0 Å². The van der Waals surface area contributed by atoms with Gasteiger partial charge in [-0.2, -0.15) is 17.4 Å². The highest BCUT2D eigenvalue weighted by molar-refractivity contribution is 7.87. The third kappa shape index (κ3) is 4.41. The summed E-state index contributed by atoms with van der Waals surface area (Å²) in [5.74, 6) is -1.36. The second-order valence-electron chi connectivity index (χ2n) is 5.17. The van der Waals surface area contributed by atoms with Gasteiger partial charge in [0.25, 0.3) is 10.2 Å². The van der Waals surface area contributed by atoms with E-state index in [2.05, 4.69) is 4.72 Å². The molecule has 0 unspecified atom stereocenters. The molecule has 1 aliphatic rings. The first kappa shape index (κ1) is 16.4. The summed E-state index contributed by atoms with van der Waals surface area (Å²) in [6.07, 6.45) is 0.642. The Morgan fingerprint density at radius 1 is 1.37 bits per heavy atom. The summed E-state index contributed by atoms with van der Waals surface area (Å²) in [6, 6.07) is -0.526. The van der Waals surface area contributed by atoms with Gasteiger partial charge >= 0.3 is 5.97 Å². The van der Waals surface area contributed by atoms with E-state index in [0.29, 0.717) is 12.8 Å². The summed E-state index contributed by atoms with van der Waals surface area (Å²) in [6.45, 7) is 3.77. The van der Waals surface area contributed by atoms with E-state index in [1.165, 1.54) is 4.31 Å². The second-order valence-corrected chi connectivity index (χ2v) is 6.87. The Balaban J connectivity index is 2.62. The molecule has 0 amide bonds. The molecule has 0 radical (unpaired) electrons. The maximum atomic E-state index is 12.1. The molecule has 112 valence electrons. The first-order chi connectivity index (χ1) is 8.77. The lowest BCUT2D eigenvalue weighted by atomic mass is 9.99. The number of piperidine rings is 1. The number of hydrogen-bond donors (Lipinski definition) is 3. The molecular formula is C11H22N2O5S. The van der Waals surface area contributed by atoms with Crippen LogP contribution in [0.25, 0.3) is 0 Å². The lowest BCUT2D eigenvalue weighted by Gasteiger charge is -2.31. The minimum Gasteiger partial charge on any atom is -0.481 e. The van der Waals surface area contributed by atoms with Crippen LogP contribution in [0.3, 0.4) is 0 Å². The van der Waals surface area contributed by atoms with Crippen LogP contribution >= 0.6 is 0 Å². The molecule has 1 aliphatic heterocycles. The summed E-state index contributed by atoms with van der Waals surface area (Å²) >= 11 is 0. The fraction of sp³-hybridized carbons (Fsp3) is 0.909. The lowest BCUT2D eigenvalue weighted by Crippen LogP contribution is -2.51. The Morgan fingerprint density at radius 2 is 1.89 bits per heavy atom. The quantitative estimate of drug-likeness (QED) is 0.620. The standard InChI is InChI=1S/C11H22N2O5S/c1-8(2)10(7-14)12-19(17,18)13-5-3-9(4-6-13)11(15)16/h8-10,12,14H,3-7H2,1-2H3,(H,15,16)/t10-/m1/s1. The number of carbonyl (C=O) groups is 1. The summed E-state index contributed by atoms with van der Waals surface area (Å²) in [5.41, 5.74) is 0. The van der Waals surface area contributed by atoms with Crippen LogP contribution in [0.5, 0.6) is 0 Å². The van der Waals surface area contributed by atoms with Crippen molar-refractivity contribution in [1.29, 1.82) is 0 Å². The third-order valence-electron chi connectivity index (χ3n) is 3.44. The number of hydrogen-bond acceptors (Lipinski definition) is 4. The average Bonchev–Trinajstić information content (AvgIpc) is 2.35. The monoisotopic (exact) mass is 294 g/mol. The largest absolute Gasteiger partial charge is 0.481 e. The SMILES string of the molecule is CC(C)[C@@H](CO)NS(=O)(=O)N1CCC(C(=O)O)CC1. The van der Waals surface area contributed by atoms with Gasteiger partial charge in [-0.3, -0.25) is 4.79 Å². The Labute approximate surface area is 113 Å². The number of aliphatic hydroxyl groups excluding tert-OH is 1. The number of carboxylic acid groups (broad SMARTS) is 1. The van der Waals surface area contributed by atoms with Crippen molar-refractivity contribution in [2.45, 2.75) is 32.7 Å². The van der Waals surface area contributed by atoms with Gasteiger partial charge in [-0.25, -0.2) is 0 Å². The maximum absolute atomic E-state index is 12.1. The van der Waals surface area contributed by atoms with Gasteiger partial charge in [-0.15, -0.1) is 0 Å². The zero-order chi connectivity index (χ0) is 14.6. The number of nitrogens with zero attached hydrogens (tertiary/aromatic N) is 1. The van der Waals surface area contributed by atoms with E-state index < -0.39 is 28.1 Å². The van der Waals surface area contributed by atoms with E-state index in [4.69, 9.17) is 10.2 Å². The van der Waals surface area contributed by atoms with Crippen LogP contribution in [0.15, 0.2) is 0 Å². The van der Waals surface area contributed by atoms with Crippen molar-refractivity contribution >= 4 is 16.2 Å². The first-order valence-electron chi connectivity index (χ1n) is 6.39.